The van der Waals surface area contributed by atoms with E-state index in [1.165, 1.54) is 6.20 Å². The number of nitrogens with zero attached hydrogens (tertiary/aromatic N) is 2. The number of ketones is 1. The number of sulfone groups is 2. The number of aliphatic carboxylic acids is 1. The molecule has 2 fully saturated rings. The molecule has 25 heteroatoms. The molecule has 0 spiro atoms. The maximum atomic E-state index is 15.1. The van der Waals surface area contributed by atoms with Crippen molar-refractivity contribution in [3.05, 3.63) is 153 Å². The van der Waals surface area contributed by atoms with Gasteiger partial charge in [-0.05, 0) is 120 Å². The van der Waals surface area contributed by atoms with Crippen LogP contribution in [0, 0.1) is 46.9 Å². The molecule has 0 radical (unpaired) electrons. The Labute approximate surface area is 463 Å². The van der Waals surface area contributed by atoms with Gasteiger partial charge in [0.05, 0.1) is 41.8 Å². The number of halogens is 10. The smallest absolute Gasteiger partial charge is 0.417 e. The van der Waals surface area contributed by atoms with Gasteiger partial charge >= 0.3 is 18.3 Å². The van der Waals surface area contributed by atoms with Gasteiger partial charge in [-0.2, -0.15) is 26.3 Å². The zero-order valence-corrected chi connectivity index (χ0v) is 45.3. The predicted molar refractivity (Wildman–Crippen MR) is 276 cm³/mol. The average molecular weight is 1190 g/mol. The molecule has 4 aromatic carbocycles. The Kier molecular flexibility index (Phi) is 16.5. The largest absolute Gasteiger partial charge is 0.493 e. The lowest BCUT2D eigenvalue weighted by Gasteiger charge is -2.17. The fraction of sp³-hybridized carbons (Fsp3) is 0.368. The third-order valence-electron chi connectivity index (χ3n) is 14.7. The molecule has 6 atom stereocenters. The Balaban J connectivity index is 0.000000198. The average Bonchev–Trinajstić information content (AvgIpc) is 2.88. The van der Waals surface area contributed by atoms with E-state index in [0.29, 0.717) is 25.0 Å². The number of ether oxygens (including phenoxy) is 4. The molecule has 0 amide bonds. The second kappa shape index (κ2) is 22.8. The van der Waals surface area contributed by atoms with Crippen molar-refractivity contribution < 1.29 is 94.4 Å². The number of carboxylic acids is 1. The highest BCUT2D eigenvalue weighted by atomic mass is 32.2. The van der Waals surface area contributed by atoms with Crippen LogP contribution in [0.25, 0.3) is 22.3 Å². The number of aromatic nitrogens is 2. The number of Topliss-reactive ketones (excluding diaryl/α,β-unsaturated/α-hetero) is 1. The molecule has 4 aliphatic rings. The van der Waals surface area contributed by atoms with Crippen molar-refractivity contribution in [3.8, 4) is 45.5 Å². The third kappa shape index (κ3) is 13.5. The minimum Gasteiger partial charge on any atom is -0.493 e. The van der Waals surface area contributed by atoms with Crippen molar-refractivity contribution in [1.82, 2.24) is 9.97 Å². The summed E-state index contributed by atoms with van der Waals surface area (Å²) in [4.78, 5) is 31.4. The summed E-state index contributed by atoms with van der Waals surface area (Å²) in [6.07, 6.45) is -3.47. The summed E-state index contributed by atoms with van der Waals surface area (Å²) in [6.45, 7) is 0.349. The van der Waals surface area contributed by atoms with Crippen LogP contribution in [-0.4, -0.2) is 80.9 Å². The molecule has 2 saturated carbocycles. The Morgan fingerprint density at radius 1 is 0.573 bits per heavy atom. The van der Waals surface area contributed by atoms with Crippen LogP contribution in [0.4, 0.5) is 43.9 Å². The molecule has 0 unspecified atom stereocenters. The lowest BCUT2D eigenvalue weighted by Crippen LogP contribution is -2.11. The van der Waals surface area contributed by atoms with E-state index in [1.54, 1.807) is 25.3 Å². The van der Waals surface area contributed by atoms with E-state index >= 15 is 8.78 Å². The van der Waals surface area contributed by atoms with E-state index in [0.717, 1.165) is 83.3 Å². The van der Waals surface area contributed by atoms with Gasteiger partial charge in [0.1, 0.15) is 73.4 Å². The van der Waals surface area contributed by atoms with Crippen LogP contribution in [-0.2, 0) is 67.7 Å². The van der Waals surface area contributed by atoms with Gasteiger partial charge in [0, 0.05) is 83.3 Å². The minimum absolute atomic E-state index is 0.00791. The predicted octanol–water partition coefficient (Wildman–Crippen LogP) is 11.3. The molecule has 2 heterocycles. The summed E-state index contributed by atoms with van der Waals surface area (Å²) in [5.41, 5.74) is -1.22. The molecule has 82 heavy (non-hydrogen) atoms. The van der Waals surface area contributed by atoms with Crippen LogP contribution in [0.5, 0.6) is 23.3 Å². The summed E-state index contributed by atoms with van der Waals surface area (Å²) < 4.78 is 210. The van der Waals surface area contributed by atoms with Crippen LogP contribution in [0.15, 0.2) is 85.2 Å². The third-order valence-corrected chi connectivity index (χ3v) is 16.8. The molecule has 0 bridgehead atoms. The highest BCUT2D eigenvalue weighted by Gasteiger charge is 2.60. The number of benzene rings is 4. The first kappa shape index (κ1) is 59.3. The van der Waals surface area contributed by atoms with Crippen LogP contribution < -0.4 is 18.9 Å². The maximum Gasteiger partial charge on any atom is 0.417 e. The molecule has 1 N–H and O–H groups in total. The summed E-state index contributed by atoms with van der Waals surface area (Å²) >= 11 is 0. The van der Waals surface area contributed by atoms with Gasteiger partial charge in [-0.1, -0.05) is 12.1 Å². The van der Waals surface area contributed by atoms with Gasteiger partial charge < -0.3 is 24.1 Å². The highest BCUT2D eigenvalue weighted by molar-refractivity contribution is 7.90. The molecular formula is C57H50F10N2O11S2. The summed E-state index contributed by atoms with van der Waals surface area (Å²) in [6, 6.07) is 12.2. The van der Waals surface area contributed by atoms with E-state index < -0.39 is 108 Å². The van der Waals surface area contributed by atoms with Gasteiger partial charge in [-0.25, -0.2) is 44.4 Å². The summed E-state index contributed by atoms with van der Waals surface area (Å²) in [7, 11) is -6.59. The van der Waals surface area contributed by atoms with Gasteiger partial charge in [-0.3, -0.25) is 9.59 Å². The molecule has 436 valence electrons. The lowest BCUT2D eigenvalue weighted by molar-refractivity contribution is -0.139. The Hall–Kier alpha value is -7.28. The number of pyridine rings is 2. The van der Waals surface area contributed by atoms with Crippen molar-refractivity contribution in [2.24, 2.45) is 23.7 Å². The number of rotatable bonds is 20. The van der Waals surface area contributed by atoms with E-state index in [4.69, 9.17) is 18.9 Å². The van der Waals surface area contributed by atoms with E-state index in [2.05, 4.69) is 9.97 Å². The zero-order chi connectivity index (χ0) is 59.4. The van der Waals surface area contributed by atoms with Gasteiger partial charge in [-0.15, -0.1) is 0 Å². The Morgan fingerprint density at radius 2 is 0.976 bits per heavy atom. The first-order valence-electron chi connectivity index (χ1n) is 25.4. The fourth-order valence-corrected chi connectivity index (χ4v) is 12.2. The molecule has 0 saturated heterocycles. The number of hydrogen-bond donors (Lipinski definition) is 1. The number of carbonyl (C=O) groups excluding carboxylic acids is 1. The highest BCUT2D eigenvalue weighted by Crippen LogP contribution is 2.62. The molecule has 2 aromatic heterocycles. The lowest BCUT2D eigenvalue weighted by atomic mass is 9.96. The SMILES string of the molecule is CC(=O)[C@H]1[C@@H]2Cc3cc(OCc4cc(-c5c(F)cc(OCCCS(C)(=O)=O)cc5C(F)(F)F)ccc4F)ncc3[C@@H]21.CS(=O)(=O)CCCOc1cc(F)c(-c2ccc(F)c(COc3cc4c(cn3)[C@H]3[C@@H](C4)[C@@H]3C(=O)O)c2)c(C(F)(F)F)c1. The standard InChI is InChI=1S/C29H26F5NO5S.C28H24F5NO6S/c1-15(36)26-20-9-17-10-25(35-13-21(17)28(20)26)40-14-18-8-16(4-5-23(18)30)27-22(29(32,33)34)11-19(12-24(27)31)39-6-3-7-41(2,37)38;1-41(37,38)6-2-5-39-17-10-20(28(31,32)33)24(22(30)11-17)14-3-4-21(29)16(7-14)13-40-23-9-15-8-18-25(19(15)12-34-23)26(18)27(35)36/h4-5,8,10-13,20,26,28H,3,6-7,9,14H2,1-2H3;3-4,7,9-12,18,25-26H,2,5-6,8,13H2,1H3,(H,35,36)/t20-,26-,28+;18-,25-,26+/m01/s1. The van der Waals surface area contributed by atoms with Crippen molar-refractivity contribution in [1.29, 1.82) is 0 Å². The Bertz CT molecular complexity index is 3490. The second-order valence-electron chi connectivity index (χ2n) is 20.7. The van der Waals surface area contributed by atoms with Gasteiger partial charge in [0.2, 0.25) is 11.8 Å². The summed E-state index contributed by atoms with van der Waals surface area (Å²) in [5, 5.41) is 9.25. The van der Waals surface area contributed by atoms with Crippen LogP contribution in [0.2, 0.25) is 0 Å². The fourth-order valence-electron chi connectivity index (χ4n) is 11.0. The zero-order valence-electron chi connectivity index (χ0n) is 43.6. The van der Waals surface area contributed by atoms with Gasteiger partial charge in [0.25, 0.3) is 0 Å². The van der Waals surface area contributed by atoms with Gasteiger partial charge in [0.15, 0.2) is 0 Å². The summed E-state index contributed by atoms with van der Waals surface area (Å²) in [5.74, 6) is -5.73. The molecular weight excluding hydrogens is 1140 g/mol. The number of carbonyl (C=O) groups is 2. The molecule has 13 nitrogen and oxygen atoms in total. The normalized spacial score (nSPS) is 19.4. The molecule has 4 aliphatic carbocycles. The number of hydrogen-bond acceptors (Lipinski definition) is 12. The quantitative estimate of drug-likeness (QED) is 0.0563. The first-order chi connectivity index (χ1) is 38.5. The Morgan fingerprint density at radius 3 is 1.35 bits per heavy atom. The van der Waals surface area contributed by atoms with Crippen LogP contribution in [0.1, 0.15) is 76.1 Å². The second-order valence-corrected chi connectivity index (χ2v) is 25.3. The van der Waals surface area contributed by atoms with Crippen molar-refractivity contribution in [2.45, 2.75) is 70.0 Å². The topological polar surface area (TPSA) is 185 Å². The van der Waals surface area contributed by atoms with Crippen molar-refractivity contribution in [2.75, 3.05) is 37.2 Å². The van der Waals surface area contributed by atoms with E-state index in [-0.39, 0.29) is 114 Å². The molecule has 0 aliphatic heterocycles. The number of alkyl halides is 6. The van der Waals surface area contributed by atoms with Crippen LogP contribution in [0.3, 0.4) is 0 Å². The minimum atomic E-state index is -4.98. The number of carboxylic acid groups (broad SMARTS) is 1. The number of fused-ring (bicyclic) bond motifs is 6. The van der Waals surface area contributed by atoms with Crippen LogP contribution >= 0.6 is 0 Å². The molecule has 10 rings (SSSR count). The molecule has 6 aromatic rings. The first-order valence-corrected chi connectivity index (χ1v) is 29.5. The maximum absolute atomic E-state index is 15.1. The van der Waals surface area contributed by atoms with E-state index in [1.807, 2.05) is 0 Å². The van der Waals surface area contributed by atoms with E-state index in [9.17, 15) is 66.7 Å². The van der Waals surface area contributed by atoms with Crippen molar-refractivity contribution in [3.63, 3.8) is 0 Å². The van der Waals surface area contributed by atoms with Crippen molar-refractivity contribution >= 4 is 31.4 Å². The monoisotopic (exact) mass is 1190 g/mol.